The standard InChI is InChI=1S/C45H56Cl2N4O6Si/c1-7-45(6)43(56)49-37(29-31-25-26-34(46)35(47)28-31)42(55)51-27-17-23-38(51)41(54)48-36(40(53)50-45)22-15-10-16-24-39(52)30(2)57-58(44(3,4)5,32-18-11-8-12-19-32)33-20-13-9-14-21-33/h8-9,11-14,16,18-21,24-26,28,30,36-38H,7,10,15,17,22-23,27,29H2,1-6H3,(H,48,54)(H,49,56)(H,50,53)/b24-16+/t30-,36-,37?,38+,45-/m0/s1. The number of nitrogens with zero attached hydrogens (tertiary/aromatic N) is 1. The first-order chi connectivity index (χ1) is 27.5. The van der Waals surface area contributed by atoms with Gasteiger partial charge in [-0.2, -0.15) is 0 Å². The fraction of sp³-hybridized carbons (Fsp3) is 0.444. The number of carbonyl (C=O) groups is 5. The van der Waals surface area contributed by atoms with Crippen LogP contribution in [0.5, 0.6) is 0 Å². The number of hydrogen-bond donors (Lipinski definition) is 3. The molecule has 5 rings (SSSR count). The normalized spacial score (nSPS) is 22.7. The van der Waals surface area contributed by atoms with Gasteiger partial charge in [0.1, 0.15) is 29.8 Å². The van der Waals surface area contributed by atoms with Crippen LogP contribution in [0.3, 0.4) is 0 Å². The Balaban J connectivity index is 1.29. The second-order valence-corrected chi connectivity index (χ2v) is 21.6. The summed E-state index contributed by atoms with van der Waals surface area (Å²) in [6, 6.07) is 22.5. The lowest BCUT2D eigenvalue weighted by Gasteiger charge is -2.44. The Kier molecular flexibility index (Phi) is 14.8. The predicted octanol–water partition coefficient (Wildman–Crippen LogP) is 6.06. The molecule has 3 N–H and O–H groups in total. The molecule has 2 aliphatic heterocycles. The number of halogens is 2. The highest BCUT2D eigenvalue weighted by Gasteiger charge is 2.51. The lowest BCUT2D eigenvalue weighted by atomic mass is 9.94. The van der Waals surface area contributed by atoms with E-state index < -0.39 is 55.8 Å². The number of ketones is 1. The zero-order valence-electron chi connectivity index (χ0n) is 34.3. The molecule has 4 amide bonds. The van der Waals surface area contributed by atoms with Crippen LogP contribution in [0, 0.1) is 0 Å². The van der Waals surface area contributed by atoms with E-state index in [9.17, 15) is 24.0 Å². The van der Waals surface area contributed by atoms with Crippen LogP contribution < -0.4 is 26.3 Å². The Bertz CT molecular complexity index is 1950. The molecule has 10 nitrogen and oxygen atoms in total. The van der Waals surface area contributed by atoms with E-state index in [4.69, 9.17) is 27.6 Å². The molecule has 0 bridgehead atoms. The molecule has 2 heterocycles. The van der Waals surface area contributed by atoms with Gasteiger partial charge < -0.3 is 25.3 Å². The molecule has 0 saturated carbocycles. The first-order valence-corrected chi connectivity index (χ1v) is 22.8. The molecule has 13 heteroatoms. The van der Waals surface area contributed by atoms with E-state index in [0.29, 0.717) is 47.8 Å². The number of allylic oxidation sites excluding steroid dienone is 1. The molecule has 5 atom stereocenters. The summed E-state index contributed by atoms with van der Waals surface area (Å²) in [5.41, 5.74) is -0.701. The van der Waals surface area contributed by atoms with E-state index in [1.165, 1.54) is 11.0 Å². The molecule has 1 unspecified atom stereocenters. The van der Waals surface area contributed by atoms with E-state index in [1.54, 1.807) is 45.0 Å². The number of benzene rings is 3. The van der Waals surface area contributed by atoms with Crippen LogP contribution in [0.4, 0.5) is 0 Å². The van der Waals surface area contributed by atoms with Crippen LogP contribution in [-0.2, 0) is 34.8 Å². The van der Waals surface area contributed by atoms with E-state index >= 15 is 0 Å². The van der Waals surface area contributed by atoms with Crippen molar-refractivity contribution < 1.29 is 28.4 Å². The number of hydrogen-bond acceptors (Lipinski definition) is 6. The third kappa shape index (κ3) is 10.1. The van der Waals surface area contributed by atoms with Gasteiger partial charge in [-0.3, -0.25) is 24.0 Å². The average Bonchev–Trinajstić information content (AvgIpc) is 3.70. The fourth-order valence-corrected chi connectivity index (χ4v) is 12.9. The highest BCUT2D eigenvalue weighted by molar-refractivity contribution is 6.99. The minimum atomic E-state index is -2.95. The van der Waals surface area contributed by atoms with Crippen molar-refractivity contribution in [3.63, 3.8) is 0 Å². The number of fused-ring (bicyclic) bond motifs is 1. The number of nitrogens with one attached hydrogen (secondary N) is 3. The van der Waals surface area contributed by atoms with Crippen LogP contribution in [0.1, 0.15) is 85.6 Å². The summed E-state index contributed by atoms with van der Waals surface area (Å²) in [6.07, 6.45) is 5.10. The smallest absolute Gasteiger partial charge is 0.262 e. The van der Waals surface area contributed by atoms with Crippen molar-refractivity contribution in [1.29, 1.82) is 0 Å². The number of amides is 4. The van der Waals surface area contributed by atoms with Gasteiger partial charge >= 0.3 is 0 Å². The van der Waals surface area contributed by atoms with Crippen molar-refractivity contribution >= 4 is 71.3 Å². The maximum absolute atomic E-state index is 14.1. The average molecular weight is 848 g/mol. The molecule has 0 aliphatic carbocycles. The molecule has 2 saturated heterocycles. The van der Waals surface area contributed by atoms with Gasteiger partial charge in [0.15, 0.2) is 5.78 Å². The van der Waals surface area contributed by atoms with Crippen molar-refractivity contribution in [3.05, 3.63) is 107 Å². The molecule has 0 spiro atoms. The Morgan fingerprint density at radius 3 is 2.16 bits per heavy atom. The van der Waals surface area contributed by atoms with Gasteiger partial charge in [0, 0.05) is 13.0 Å². The van der Waals surface area contributed by atoms with Crippen LogP contribution in [-0.4, -0.2) is 78.9 Å². The predicted molar refractivity (Wildman–Crippen MR) is 232 cm³/mol. The topological polar surface area (TPSA) is 134 Å². The summed E-state index contributed by atoms with van der Waals surface area (Å²) in [5.74, 6) is -2.00. The van der Waals surface area contributed by atoms with Crippen LogP contribution in [0.2, 0.25) is 15.1 Å². The van der Waals surface area contributed by atoms with Gasteiger partial charge in [-0.25, -0.2) is 0 Å². The second-order valence-electron chi connectivity index (χ2n) is 16.6. The Labute approximate surface area is 353 Å². The van der Waals surface area contributed by atoms with Crippen molar-refractivity contribution in [2.24, 2.45) is 0 Å². The monoisotopic (exact) mass is 846 g/mol. The van der Waals surface area contributed by atoms with E-state index in [2.05, 4.69) is 61.0 Å². The summed E-state index contributed by atoms with van der Waals surface area (Å²) < 4.78 is 6.97. The highest BCUT2D eigenvalue weighted by atomic mass is 35.5. The Morgan fingerprint density at radius 1 is 0.931 bits per heavy atom. The number of carbonyl (C=O) groups excluding carboxylic acids is 5. The van der Waals surface area contributed by atoms with Gasteiger partial charge in [-0.15, -0.1) is 0 Å². The molecule has 0 radical (unpaired) electrons. The van der Waals surface area contributed by atoms with Crippen molar-refractivity contribution in [3.8, 4) is 0 Å². The van der Waals surface area contributed by atoms with E-state index in [1.807, 2.05) is 36.4 Å². The maximum Gasteiger partial charge on any atom is 0.262 e. The zero-order chi connectivity index (χ0) is 42.3. The van der Waals surface area contributed by atoms with E-state index in [0.717, 1.165) is 10.4 Å². The summed E-state index contributed by atoms with van der Waals surface area (Å²) in [4.78, 5) is 70.8. The molecule has 0 aromatic heterocycles. The van der Waals surface area contributed by atoms with Gasteiger partial charge in [0.05, 0.1) is 10.0 Å². The van der Waals surface area contributed by atoms with Crippen molar-refractivity contribution in [1.82, 2.24) is 20.9 Å². The lowest BCUT2D eigenvalue weighted by Crippen LogP contribution is -2.68. The van der Waals surface area contributed by atoms with Crippen molar-refractivity contribution in [2.75, 3.05) is 6.54 Å². The zero-order valence-corrected chi connectivity index (χ0v) is 36.8. The molecule has 2 fully saturated rings. The Hall–Kier alpha value is -4.29. The van der Waals surface area contributed by atoms with Gasteiger partial charge in [0.25, 0.3) is 8.32 Å². The van der Waals surface area contributed by atoms with Crippen LogP contribution in [0.15, 0.2) is 91.0 Å². The van der Waals surface area contributed by atoms with Crippen LogP contribution >= 0.6 is 23.2 Å². The fourth-order valence-electron chi connectivity index (χ4n) is 7.91. The summed E-state index contributed by atoms with van der Waals surface area (Å²) >= 11 is 12.4. The summed E-state index contributed by atoms with van der Waals surface area (Å²) in [7, 11) is -2.95. The van der Waals surface area contributed by atoms with Crippen LogP contribution in [0.25, 0.3) is 0 Å². The van der Waals surface area contributed by atoms with Crippen molar-refractivity contribution in [2.45, 2.75) is 121 Å². The number of unbranched alkanes of at least 4 members (excludes halogenated alkanes) is 1. The minimum absolute atomic E-state index is 0.114. The second kappa shape index (κ2) is 19.2. The quantitative estimate of drug-likeness (QED) is 0.109. The molecular formula is C45H56Cl2N4O6Si. The molecule has 310 valence electrons. The van der Waals surface area contributed by atoms with Gasteiger partial charge in [0.2, 0.25) is 23.6 Å². The molecule has 3 aromatic rings. The summed E-state index contributed by atoms with van der Waals surface area (Å²) in [6.45, 7) is 12.0. The Morgan fingerprint density at radius 2 is 1.57 bits per heavy atom. The number of rotatable bonds is 13. The van der Waals surface area contributed by atoms with E-state index in [-0.39, 0.29) is 36.0 Å². The molecule has 3 aromatic carbocycles. The third-order valence-electron chi connectivity index (χ3n) is 11.4. The van der Waals surface area contributed by atoms with Gasteiger partial charge in [-0.05, 0) is 91.6 Å². The molecular weight excluding hydrogens is 792 g/mol. The molecule has 2 aliphatic rings. The molecule has 58 heavy (non-hydrogen) atoms. The maximum atomic E-state index is 14.1. The lowest BCUT2D eigenvalue weighted by molar-refractivity contribution is -0.144. The first kappa shape index (κ1) is 44.8. The van der Waals surface area contributed by atoms with Gasteiger partial charge in [-0.1, -0.05) is 124 Å². The SMILES string of the molecule is CC[C@]1(C)NC(=O)[C@H](CCC/C=C/C(=O)[C@H](C)O[Si](c2ccccc2)(c2ccccc2)C(C)(C)C)NC(=O)[C@H]2CCCN2C(=O)C(Cc2ccc(Cl)c(Cl)c2)NC1=O. The summed E-state index contributed by atoms with van der Waals surface area (Å²) in [5, 5.41) is 11.2. The largest absolute Gasteiger partial charge is 0.397 e. The first-order valence-electron chi connectivity index (χ1n) is 20.2. The third-order valence-corrected chi connectivity index (χ3v) is 17.3. The highest BCUT2D eigenvalue weighted by Crippen LogP contribution is 2.37. The minimum Gasteiger partial charge on any atom is -0.397 e.